The molecule has 6 nitrogen and oxygen atoms in total. The lowest BCUT2D eigenvalue weighted by Crippen LogP contribution is -2.24. The maximum atomic E-state index is 12.5. The fourth-order valence-corrected chi connectivity index (χ4v) is 3.23. The van der Waals surface area contributed by atoms with Gasteiger partial charge in [-0.25, -0.2) is 4.98 Å². The van der Waals surface area contributed by atoms with Crippen molar-refractivity contribution in [3.8, 4) is 5.88 Å². The fourth-order valence-electron chi connectivity index (χ4n) is 2.49. The number of carbonyl (C=O) groups excluding carboxylic acids is 1. The van der Waals surface area contributed by atoms with Crippen LogP contribution in [0.1, 0.15) is 27.2 Å². The molecular weight excluding hydrogens is 348 g/mol. The van der Waals surface area contributed by atoms with Gasteiger partial charge in [0.05, 0.1) is 11.3 Å². The summed E-state index contributed by atoms with van der Waals surface area (Å²) in [6.07, 6.45) is 1.68. The van der Waals surface area contributed by atoms with E-state index in [1.165, 1.54) is 11.5 Å². The van der Waals surface area contributed by atoms with Crippen LogP contribution in [-0.4, -0.2) is 22.3 Å². The number of amides is 1. The number of nitrogens with one attached hydrogen (secondary N) is 2. The maximum Gasteiger partial charge on any atom is 0.256 e. The molecule has 2 heterocycles. The molecule has 0 bridgehead atoms. The Hall–Kier alpha value is -2.93. The van der Waals surface area contributed by atoms with Gasteiger partial charge in [-0.2, -0.15) is 4.37 Å². The van der Waals surface area contributed by atoms with E-state index in [9.17, 15) is 4.79 Å². The molecule has 0 aliphatic carbocycles. The molecule has 0 atom stereocenters. The number of nitrogens with zero attached hydrogens (tertiary/aromatic N) is 2. The van der Waals surface area contributed by atoms with Crippen molar-refractivity contribution in [1.82, 2.24) is 14.7 Å². The van der Waals surface area contributed by atoms with E-state index in [4.69, 9.17) is 4.74 Å². The van der Waals surface area contributed by atoms with Gasteiger partial charge in [-0.15, -0.1) is 0 Å². The number of ether oxygens (including phenoxy) is 1. The van der Waals surface area contributed by atoms with Crippen molar-refractivity contribution in [3.05, 3.63) is 71.0 Å². The van der Waals surface area contributed by atoms with Crippen LogP contribution in [0.4, 0.5) is 5.00 Å². The molecule has 26 heavy (non-hydrogen) atoms. The van der Waals surface area contributed by atoms with Crippen molar-refractivity contribution in [2.45, 2.75) is 20.1 Å². The Bertz CT molecular complexity index is 880. The number of anilines is 1. The average molecular weight is 368 g/mol. The minimum absolute atomic E-state index is 0.168. The van der Waals surface area contributed by atoms with Crippen molar-refractivity contribution in [2.75, 3.05) is 12.4 Å². The van der Waals surface area contributed by atoms with E-state index in [-0.39, 0.29) is 5.91 Å². The third kappa shape index (κ3) is 4.18. The second-order valence-electron chi connectivity index (χ2n) is 5.65. The summed E-state index contributed by atoms with van der Waals surface area (Å²) < 4.78 is 10.1. The first kappa shape index (κ1) is 17.9. The van der Waals surface area contributed by atoms with Crippen molar-refractivity contribution in [2.24, 2.45) is 0 Å². The molecule has 0 saturated heterocycles. The molecule has 0 aliphatic heterocycles. The van der Waals surface area contributed by atoms with Crippen LogP contribution in [0.2, 0.25) is 0 Å². The molecule has 7 heteroatoms. The van der Waals surface area contributed by atoms with Gasteiger partial charge in [0.1, 0.15) is 11.6 Å². The SMILES string of the molecule is CNc1snc(C)c1C(=O)NCc1cccnc1OCc1ccccc1. The van der Waals surface area contributed by atoms with Gasteiger partial charge >= 0.3 is 0 Å². The highest BCUT2D eigenvalue weighted by Crippen LogP contribution is 2.24. The minimum atomic E-state index is -0.168. The van der Waals surface area contributed by atoms with Crippen molar-refractivity contribution in [3.63, 3.8) is 0 Å². The molecule has 0 radical (unpaired) electrons. The molecule has 2 aromatic heterocycles. The molecule has 0 saturated carbocycles. The third-order valence-electron chi connectivity index (χ3n) is 3.82. The molecule has 0 fully saturated rings. The molecular formula is C19H20N4O2S. The Morgan fingerprint density at radius 1 is 1.19 bits per heavy atom. The van der Waals surface area contributed by atoms with Crippen LogP contribution in [0.15, 0.2) is 48.7 Å². The number of benzene rings is 1. The summed E-state index contributed by atoms with van der Waals surface area (Å²) in [5.41, 5.74) is 3.17. The summed E-state index contributed by atoms with van der Waals surface area (Å²) in [5, 5.41) is 6.68. The van der Waals surface area contributed by atoms with Gasteiger partial charge in [0.15, 0.2) is 0 Å². The predicted molar refractivity (Wildman–Crippen MR) is 103 cm³/mol. The van der Waals surface area contributed by atoms with Crippen LogP contribution in [0, 0.1) is 6.92 Å². The summed E-state index contributed by atoms with van der Waals surface area (Å²) in [4.78, 5) is 16.8. The topological polar surface area (TPSA) is 76.1 Å². The van der Waals surface area contributed by atoms with E-state index >= 15 is 0 Å². The van der Waals surface area contributed by atoms with Crippen LogP contribution in [0.25, 0.3) is 0 Å². The smallest absolute Gasteiger partial charge is 0.256 e. The van der Waals surface area contributed by atoms with E-state index in [0.29, 0.717) is 30.3 Å². The highest BCUT2D eigenvalue weighted by molar-refractivity contribution is 7.10. The first-order chi connectivity index (χ1) is 12.7. The van der Waals surface area contributed by atoms with Gasteiger partial charge in [-0.3, -0.25) is 4.79 Å². The lowest BCUT2D eigenvalue weighted by molar-refractivity contribution is 0.0951. The highest BCUT2D eigenvalue weighted by atomic mass is 32.1. The molecule has 134 valence electrons. The Morgan fingerprint density at radius 3 is 2.77 bits per heavy atom. The number of rotatable bonds is 7. The summed E-state index contributed by atoms with van der Waals surface area (Å²) in [7, 11) is 1.78. The molecule has 3 aromatic rings. The van der Waals surface area contributed by atoms with Crippen LogP contribution >= 0.6 is 11.5 Å². The van der Waals surface area contributed by atoms with E-state index in [1.54, 1.807) is 13.2 Å². The van der Waals surface area contributed by atoms with Crippen LogP contribution < -0.4 is 15.4 Å². The van der Waals surface area contributed by atoms with Gasteiger partial charge in [-0.1, -0.05) is 36.4 Å². The van der Waals surface area contributed by atoms with E-state index in [0.717, 1.165) is 16.1 Å². The van der Waals surface area contributed by atoms with Crippen molar-refractivity contribution in [1.29, 1.82) is 0 Å². The zero-order valence-electron chi connectivity index (χ0n) is 14.7. The quantitative estimate of drug-likeness (QED) is 0.668. The van der Waals surface area contributed by atoms with E-state index < -0.39 is 0 Å². The first-order valence-electron chi connectivity index (χ1n) is 8.22. The number of aromatic nitrogens is 2. The Kier molecular flexibility index (Phi) is 5.80. The Labute approximate surface area is 156 Å². The molecule has 1 amide bonds. The van der Waals surface area contributed by atoms with Crippen molar-refractivity contribution >= 4 is 22.4 Å². The third-order valence-corrected chi connectivity index (χ3v) is 4.78. The molecule has 1 aromatic carbocycles. The zero-order valence-corrected chi connectivity index (χ0v) is 15.5. The lowest BCUT2D eigenvalue weighted by atomic mass is 10.2. The molecule has 0 spiro atoms. The Morgan fingerprint density at radius 2 is 2.00 bits per heavy atom. The van der Waals surface area contributed by atoms with Gasteiger partial charge < -0.3 is 15.4 Å². The van der Waals surface area contributed by atoms with Crippen LogP contribution in [0.5, 0.6) is 5.88 Å². The number of aryl methyl sites for hydroxylation is 1. The number of pyridine rings is 1. The van der Waals surface area contributed by atoms with E-state index in [2.05, 4.69) is 20.0 Å². The fraction of sp³-hybridized carbons (Fsp3) is 0.211. The molecule has 0 unspecified atom stereocenters. The zero-order chi connectivity index (χ0) is 18.4. The Balaban J connectivity index is 1.66. The number of hydrogen-bond donors (Lipinski definition) is 2. The van der Waals surface area contributed by atoms with Crippen molar-refractivity contribution < 1.29 is 9.53 Å². The monoisotopic (exact) mass is 368 g/mol. The standard InChI is InChI=1S/C19H20N4O2S/c1-13-16(19(20-2)26-23-13)17(24)22-11-15-9-6-10-21-18(15)25-12-14-7-4-3-5-8-14/h3-10,20H,11-12H2,1-2H3,(H,22,24). The molecule has 3 rings (SSSR count). The maximum absolute atomic E-state index is 12.5. The predicted octanol–water partition coefficient (Wildman–Crippen LogP) is 3.40. The van der Waals surface area contributed by atoms with E-state index in [1.807, 2.05) is 49.4 Å². The second kappa shape index (κ2) is 8.44. The summed E-state index contributed by atoms with van der Waals surface area (Å²) >= 11 is 1.28. The van der Waals surface area contributed by atoms with Gasteiger partial charge in [0, 0.05) is 25.4 Å². The summed E-state index contributed by atoms with van der Waals surface area (Å²) in [6, 6.07) is 13.6. The summed E-state index contributed by atoms with van der Waals surface area (Å²) in [5.74, 6) is 0.351. The lowest BCUT2D eigenvalue weighted by Gasteiger charge is -2.11. The van der Waals surface area contributed by atoms with Gasteiger partial charge in [0.25, 0.3) is 5.91 Å². The normalized spacial score (nSPS) is 10.4. The van der Waals surface area contributed by atoms with Gasteiger partial charge in [-0.05, 0) is 30.1 Å². The molecule has 2 N–H and O–H groups in total. The average Bonchev–Trinajstić information content (AvgIpc) is 3.06. The first-order valence-corrected chi connectivity index (χ1v) is 8.99. The minimum Gasteiger partial charge on any atom is -0.473 e. The van der Waals surface area contributed by atoms with Crippen LogP contribution in [-0.2, 0) is 13.2 Å². The largest absolute Gasteiger partial charge is 0.473 e. The number of carbonyl (C=O) groups is 1. The van der Waals surface area contributed by atoms with Crippen LogP contribution in [0.3, 0.4) is 0 Å². The second-order valence-corrected chi connectivity index (χ2v) is 6.42. The number of hydrogen-bond acceptors (Lipinski definition) is 6. The summed E-state index contributed by atoms with van der Waals surface area (Å²) in [6.45, 7) is 2.58. The van der Waals surface area contributed by atoms with Gasteiger partial charge in [0.2, 0.25) is 5.88 Å². The highest BCUT2D eigenvalue weighted by Gasteiger charge is 2.18. The molecule has 0 aliphatic rings.